The molecule has 234 valence electrons. The van der Waals surface area contributed by atoms with E-state index in [1.165, 1.54) is 0 Å². The average Bonchev–Trinajstić information content (AvgIpc) is 3.67. The first-order valence-electron chi connectivity index (χ1n) is 15.3. The summed E-state index contributed by atoms with van der Waals surface area (Å²) < 4.78 is 24.8. The van der Waals surface area contributed by atoms with Crippen molar-refractivity contribution in [1.82, 2.24) is 15.0 Å². The number of fused-ring (bicyclic) bond motifs is 2. The van der Waals surface area contributed by atoms with Gasteiger partial charge < -0.3 is 24.2 Å². The van der Waals surface area contributed by atoms with E-state index in [0.717, 1.165) is 5.56 Å². The van der Waals surface area contributed by atoms with Gasteiger partial charge in [0.2, 0.25) is 8.41 Å². The number of nitrogens with one attached hydrogen (secondary N) is 1. The maximum Gasteiger partial charge on any atom is 0.264 e. The number of nitrogens with zero attached hydrogens (tertiary/aromatic N) is 4. The maximum atomic E-state index is 16.3. The van der Waals surface area contributed by atoms with Gasteiger partial charge in [0.05, 0.1) is 24.0 Å². The number of hydrogen-bond donors (Lipinski definition) is 2. The zero-order valence-corrected chi connectivity index (χ0v) is 26.7. The number of ether oxygens (including phenoxy) is 1. The second-order valence-corrected chi connectivity index (χ2v) is 16.2. The molecule has 2 aliphatic heterocycles. The number of rotatable bonds is 10. The van der Waals surface area contributed by atoms with E-state index in [9.17, 15) is 14.7 Å². The molecule has 0 saturated carbocycles. The van der Waals surface area contributed by atoms with Gasteiger partial charge in [-0.05, 0) is 55.4 Å². The molecule has 2 amide bonds. The van der Waals surface area contributed by atoms with Gasteiger partial charge in [0.25, 0.3) is 11.8 Å². The molecule has 0 bridgehead atoms. The minimum atomic E-state index is -3.36. The van der Waals surface area contributed by atoms with Gasteiger partial charge in [-0.2, -0.15) is 0 Å². The van der Waals surface area contributed by atoms with Crippen LogP contribution in [0.3, 0.4) is 0 Å². The summed E-state index contributed by atoms with van der Waals surface area (Å²) in [6.07, 6.45) is 2.06. The number of hydrogen-bond acceptors (Lipinski definition) is 6. The van der Waals surface area contributed by atoms with Crippen molar-refractivity contribution in [2.45, 2.75) is 63.2 Å². The van der Waals surface area contributed by atoms with Crippen molar-refractivity contribution in [2.24, 2.45) is 5.92 Å². The highest BCUT2D eigenvalue weighted by atomic mass is 28.4. The maximum absolute atomic E-state index is 16.3. The first kappa shape index (κ1) is 30.8. The summed E-state index contributed by atoms with van der Waals surface area (Å²) in [4.78, 5) is 29.5. The number of aryl methyl sites for hydroxylation is 1. The summed E-state index contributed by atoms with van der Waals surface area (Å²) in [5.41, 5.74) is 2.10. The molecular weight excluding hydrogens is 589 g/mol. The number of carbonyl (C=O) groups is 2. The molecule has 45 heavy (non-hydrogen) atoms. The minimum Gasteiger partial charge on any atom is -0.396 e. The molecule has 2 aliphatic rings. The second-order valence-electron chi connectivity index (χ2n) is 12.4. The van der Waals surface area contributed by atoms with Crippen LogP contribution >= 0.6 is 0 Å². The van der Waals surface area contributed by atoms with E-state index in [1.807, 2.05) is 55.5 Å². The Morgan fingerprint density at radius 2 is 1.80 bits per heavy atom. The summed E-state index contributed by atoms with van der Waals surface area (Å²) in [6, 6.07) is 24.1. The number of halogens is 1. The summed E-state index contributed by atoms with van der Waals surface area (Å²) in [6.45, 7) is 6.01. The van der Waals surface area contributed by atoms with Gasteiger partial charge in [0.15, 0.2) is 5.60 Å². The summed E-state index contributed by atoms with van der Waals surface area (Å²) in [5, 5.41) is 20.5. The predicted molar refractivity (Wildman–Crippen MR) is 172 cm³/mol. The summed E-state index contributed by atoms with van der Waals surface area (Å²) in [7, 11) is -3.36. The fourth-order valence-electron chi connectivity index (χ4n) is 7.05. The van der Waals surface area contributed by atoms with Crippen molar-refractivity contribution in [2.75, 3.05) is 16.8 Å². The molecule has 4 atom stereocenters. The Bertz CT molecular complexity index is 1680. The molecule has 3 heterocycles. The Morgan fingerprint density at radius 3 is 2.49 bits per heavy atom. The van der Waals surface area contributed by atoms with E-state index in [0.29, 0.717) is 54.1 Å². The molecule has 0 unspecified atom stereocenters. The van der Waals surface area contributed by atoms with E-state index in [2.05, 4.69) is 15.6 Å². The molecular formula is C34H38FN5O4Si. The fourth-order valence-corrected chi connectivity index (χ4v) is 9.59. The molecule has 9 nitrogen and oxygen atoms in total. The van der Waals surface area contributed by atoms with Crippen LogP contribution in [0, 0.1) is 5.92 Å². The Balaban J connectivity index is 1.38. The average molecular weight is 628 g/mol. The van der Waals surface area contributed by atoms with E-state index < -0.39 is 31.6 Å². The third kappa shape index (κ3) is 5.83. The van der Waals surface area contributed by atoms with Crippen LogP contribution in [0.25, 0.3) is 0 Å². The molecule has 1 saturated heterocycles. The van der Waals surface area contributed by atoms with Crippen LogP contribution in [0.5, 0.6) is 0 Å². The largest absolute Gasteiger partial charge is 0.396 e. The van der Waals surface area contributed by atoms with Crippen LogP contribution in [0.4, 0.5) is 15.5 Å². The first-order chi connectivity index (χ1) is 21.6. The zero-order chi connectivity index (χ0) is 31.8. The SMILES string of the molecule is C[C@H]1[C@H]([Si](C)(C)F)[C@@H](CCn2cc(CCO)nn2)O[C@]12C(=O)N(Cc1ccccc1)c1ccc(NC(=O)c3ccccc3)cc12. The smallest absolute Gasteiger partial charge is 0.264 e. The van der Waals surface area contributed by atoms with Crippen molar-refractivity contribution in [3.05, 3.63) is 107 Å². The minimum absolute atomic E-state index is 0.0248. The molecule has 1 aromatic heterocycles. The number of benzene rings is 3. The highest BCUT2D eigenvalue weighted by molar-refractivity contribution is 6.72. The monoisotopic (exact) mass is 627 g/mol. The molecule has 6 rings (SSSR count). The van der Waals surface area contributed by atoms with E-state index in [1.54, 1.807) is 59.2 Å². The van der Waals surface area contributed by atoms with Crippen molar-refractivity contribution in [3.8, 4) is 0 Å². The van der Waals surface area contributed by atoms with Gasteiger partial charge in [-0.1, -0.05) is 60.7 Å². The number of anilines is 2. The molecule has 11 heteroatoms. The Labute approximate surface area is 263 Å². The normalized spacial score (nSPS) is 22.6. The van der Waals surface area contributed by atoms with Gasteiger partial charge in [-0.25, -0.2) is 0 Å². The molecule has 2 N–H and O–H groups in total. The van der Waals surface area contributed by atoms with Crippen molar-refractivity contribution in [1.29, 1.82) is 0 Å². The lowest BCUT2D eigenvalue weighted by Gasteiger charge is -2.31. The van der Waals surface area contributed by atoms with Crippen LogP contribution in [-0.4, -0.2) is 53.0 Å². The van der Waals surface area contributed by atoms with Gasteiger partial charge in [-0.3, -0.25) is 14.3 Å². The topological polar surface area (TPSA) is 110 Å². The first-order valence-corrected chi connectivity index (χ1v) is 18.3. The van der Waals surface area contributed by atoms with Crippen LogP contribution < -0.4 is 10.2 Å². The quantitative estimate of drug-likeness (QED) is 0.178. The lowest BCUT2D eigenvalue weighted by Crippen LogP contribution is -2.45. The molecule has 1 fully saturated rings. The van der Waals surface area contributed by atoms with Gasteiger partial charge in [0, 0.05) is 54.0 Å². The molecule has 3 aromatic carbocycles. The third-order valence-electron chi connectivity index (χ3n) is 9.03. The summed E-state index contributed by atoms with van der Waals surface area (Å²) in [5.74, 6) is -0.962. The summed E-state index contributed by atoms with van der Waals surface area (Å²) >= 11 is 0. The third-order valence-corrected chi connectivity index (χ3v) is 11.5. The van der Waals surface area contributed by atoms with E-state index in [4.69, 9.17) is 4.74 Å². The number of aliphatic hydroxyl groups excluding tert-OH is 1. The number of aliphatic hydroxyl groups is 1. The molecule has 1 spiro atoms. The predicted octanol–water partition coefficient (Wildman–Crippen LogP) is 5.48. The molecule has 0 radical (unpaired) electrons. The Kier molecular flexibility index (Phi) is 8.42. The highest BCUT2D eigenvalue weighted by Crippen LogP contribution is 2.60. The number of carbonyl (C=O) groups excluding carboxylic acids is 2. The number of amides is 2. The van der Waals surface area contributed by atoms with Crippen molar-refractivity contribution >= 4 is 31.6 Å². The van der Waals surface area contributed by atoms with Gasteiger partial charge >= 0.3 is 0 Å². The lowest BCUT2D eigenvalue weighted by molar-refractivity contribution is -0.146. The van der Waals surface area contributed by atoms with Crippen LogP contribution in [0.1, 0.15) is 40.5 Å². The van der Waals surface area contributed by atoms with Gasteiger partial charge in [0.1, 0.15) is 0 Å². The second kappa shape index (κ2) is 12.3. The number of aromatic nitrogens is 3. The van der Waals surface area contributed by atoms with Crippen LogP contribution in [-0.2, 0) is 34.6 Å². The van der Waals surface area contributed by atoms with Crippen molar-refractivity contribution < 1.29 is 23.5 Å². The Hall–Kier alpha value is -4.19. The fraction of sp³-hybridized carbons (Fsp3) is 0.353. The van der Waals surface area contributed by atoms with Gasteiger partial charge in [-0.15, -0.1) is 5.10 Å². The Morgan fingerprint density at radius 1 is 1.09 bits per heavy atom. The molecule has 0 aliphatic carbocycles. The standard InChI is InChI=1S/C34H38FN5O4Si/c1-23-31(45(2,3)35)30(16-18-39-22-27(17-19-41)37-38-39)44-34(23)28-20-26(36-32(42)25-12-8-5-9-13-25)14-15-29(28)40(33(34)43)21-24-10-6-4-7-11-24/h4-15,20,22-23,30-31,41H,16-19,21H2,1-3H3,(H,36,42)/t23-,30+,31-,34+/m0/s1. The lowest BCUT2D eigenvalue weighted by atomic mass is 9.82. The van der Waals surface area contributed by atoms with Crippen LogP contribution in [0.15, 0.2) is 85.1 Å². The highest BCUT2D eigenvalue weighted by Gasteiger charge is 2.66. The van der Waals surface area contributed by atoms with Crippen LogP contribution in [0.2, 0.25) is 18.6 Å². The van der Waals surface area contributed by atoms with E-state index in [-0.39, 0.29) is 18.4 Å². The van der Waals surface area contributed by atoms with Crippen molar-refractivity contribution in [3.63, 3.8) is 0 Å². The zero-order valence-electron chi connectivity index (χ0n) is 25.7. The van der Waals surface area contributed by atoms with E-state index >= 15 is 4.11 Å². The molecule has 4 aromatic rings.